The molecule has 0 bridgehead atoms. The molecule has 0 amide bonds. The normalized spacial score (nSPS) is 18.3. The standard InChI is InChI=1S/C29H30F2N2O2/c30-14-2-17-33-18-13-26(20-33)34-24-7-5-22(6-8-24)29-27(21-11-15-32-16-12-21)4-1-3-23-19-25(35-31)9-10-28(23)29/h5-12,15-16,19,26H,1-4,13-14,17-18,20H2/t26-/m0/s1. The summed E-state index contributed by atoms with van der Waals surface area (Å²) in [7, 11) is 0. The number of hydrogen-bond acceptors (Lipinski definition) is 4. The van der Waals surface area contributed by atoms with E-state index in [1.54, 1.807) is 12.1 Å². The molecule has 0 N–H and O–H groups in total. The number of halogens is 2. The molecule has 1 fully saturated rings. The zero-order valence-electron chi connectivity index (χ0n) is 19.8. The number of aromatic nitrogens is 1. The number of ether oxygens (including phenoxy) is 1. The Bertz CT molecular complexity index is 1170. The lowest BCUT2D eigenvalue weighted by Crippen LogP contribution is -2.26. The fraction of sp³-hybridized carbons (Fsp3) is 0.345. The van der Waals surface area contributed by atoms with Gasteiger partial charge in [-0.15, -0.1) is 0 Å². The maximum atomic E-state index is 12.9. The van der Waals surface area contributed by atoms with Crippen LogP contribution in [-0.4, -0.2) is 42.3 Å². The monoisotopic (exact) mass is 476 g/mol. The van der Waals surface area contributed by atoms with Crippen LogP contribution >= 0.6 is 0 Å². The van der Waals surface area contributed by atoms with E-state index in [1.807, 2.05) is 42.7 Å². The highest BCUT2D eigenvalue weighted by atomic mass is 19.3. The average Bonchev–Trinajstić information content (AvgIpc) is 3.26. The molecule has 0 spiro atoms. The van der Waals surface area contributed by atoms with Crippen molar-refractivity contribution in [3.63, 3.8) is 0 Å². The molecule has 35 heavy (non-hydrogen) atoms. The molecule has 5 rings (SSSR count). The van der Waals surface area contributed by atoms with Crippen molar-refractivity contribution in [2.45, 2.75) is 38.2 Å². The zero-order valence-corrected chi connectivity index (χ0v) is 19.8. The van der Waals surface area contributed by atoms with Gasteiger partial charge in [-0.05, 0) is 102 Å². The molecule has 0 unspecified atom stereocenters. The van der Waals surface area contributed by atoms with Crippen molar-refractivity contribution in [2.24, 2.45) is 0 Å². The predicted molar refractivity (Wildman–Crippen MR) is 134 cm³/mol. The Morgan fingerprint density at radius 2 is 1.74 bits per heavy atom. The van der Waals surface area contributed by atoms with E-state index in [4.69, 9.17) is 4.74 Å². The molecular weight excluding hydrogens is 446 g/mol. The molecule has 1 atom stereocenters. The molecule has 0 radical (unpaired) electrons. The Morgan fingerprint density at radius 3 is 2.51 bits per heavy atom. The molecule has 1 aliphatic heterocycles. The van der Waals surface area contributed by atoms with E-state index in [-0.39, 0.29) is 18.5 Å². The summed E-state index contributed by atoms with van der Waals surface area (Å²) in [6.07, 6.45) is 8.04. The first kappa shape index (κ1) is 23.5. The number of rotatable bonds is 8. The fourth-order valence-corrected chi connectivity index (χ4v) is 5.26. The van der Waals surface area contributed by atoms with Gasteiger partial charge in [-0.25, -0.2) is 0 Å². The van der Waals surface area contributed by atoms with Crippen LogP contribution in [0.25, 0.3) is 11.1 Å². The summed E-state index contributed by atoms with van der Waals surface area (Å²) in [4.78, 5) is 10.5. The third kappa shape index (κ3) is 5.38. The van der Waals surface area contributed by atoms with Crippen LogP contribution in [0.4, 0.5) is 8.92 Å². The summed E-state index contributed by atoms with van der Waals surface area (Å²) in [6.45, 7) is 2.31. The highest BCUT2D eigenvalue weighted by Crippen LogP contribution is 2.41. The lowest BCUT2D eigenvalue weighted by molar-refractivity contribution is -0.00629. The minimum absolute atomic E-state index is 0.129. The SMILES string of the molecule is FCCCN1CC[C@H](Oc2ccc(C3=C(c4ccncc4)CCCc4cc(OF)ccc43)cc2)C1. The largest absolute Gasteiger partial charge is 0.489 e. The molecule has 3 aromatic rings. The van der Waals surface area contributed by atoms with E-state index in [0.29, 0.717) is 6.42 Å². The van der Waals surface area contributed by atoms with Gasteiger partial charge >= 0.3 is 0 Å². The minimum Gasteiger partial charge on any atom is -0.489 e. The predicted octanol–water partition coefficient (Wildman–Crippen LogP) is 6.45. The Labute approximate surface area is 205 Å². The van der Waals surface area contributed by atoms with Gasteiger partial charge < -0.3 is 4.74 Å². The number of likely N-dealkylation sites (tertiary alicyclic amines) is 1. The molecule has 6 heteroatoms. The van der Waals surface area contributed by atoms with E-state index in [0.717, 1.165) is 78.9 Å². The molecule has 2 aliphatic rings. The summed E-state index contributed by atoms with van der Waals surface area (Å²) < 4.78 is 31.6. The van der Waals surface area contributed by atoms with E-state index in [2.05, 4.69) is 27.0 Å². The van der Waals surface area contributed by atoms with Crippen LogP contribution in [0, 0.1) is 0 Å². The summed E-state index contributed by atoms with van der Waals surface area (Å²) in [6, 6.07) is 17.8. The van der Waals surface area contributed by atoms with Crippen LogP contribution in [0.5, 0.6) is 11.5 Å². The average molecular weight is 477 g/mol. The smallest absolute Gasteiger partial charge is 0.172 e. The molecule has 182 valence electrons. The second-order valence-corrected chi connectivity index (χ2v) is 9.24. The van der Waals surface area contributed by atoms with Gasteiger partial charge in [-0.3, -0.25) is 19.2 Å². The first-order chi connectivity index (χ1) is 17.2. The lowest BCUT2D eigenvalue weighted by Gasteiger charge is -2.18. The molecule has 1 saturated heterocycles. The maximum Gasteiger partial charge on any atom is 0.172 e. The molecule has 2 aromatic carbocycles. The highest BCUT2D eigenvalue weighted by molar-refractivity contribution is 5.99. The van der Waals surface area contributed by atoms with Crippen molar-refractivity contribution in [1.82, 2.24) is 9.88 Å². The van der Waals surface area contributed by atoms with Crippen molar-refractivity contribution >= 4 is 11.1 Å². The van der Waals surface area contributed by atoms with Gasteiger partial charge in [-0.1, -0.05) is 18.2 Å². The van der Waals surface area contributed by atoms with E-state index < -0.39 is 0 Å². The molecular formula is C29H30F2N2O2. The lowest BCUT2D eigenvalue weighted by atomic mass is 9.88. The van der Waals surface area contributed by atoms with Crippen LogP contribution < -0.4 is 9.68 Å². The molecule has 1 aromatic heterocycles. The molecule has 4 nitrogen and oxygen atoms in total. The third-order valence-corrected chi connectivity index (χ3v) is 6.92. The second-order valence-electron chi connectivity index (χ2n) is 9.24. The van der Waals surface area contributed by atoms with Crippen LogP contribution in [0.3, 0.4) is 0 Å². The van der Waals surface area contributed by atoms with Crippen LogP contribution in [0.15, 0.2) is 67.0 Å². The second kappa shape index (κ2) is 11.0. The Kier molecular flexibility index (Phi) is 7.38. The number of hydrogen-bond donors (Lipinski definition) is 0. The van der Waals surface area contributed by atoms with Gasteiger partial charge in [0.15, 0.2) is 5.75 Å². The van der Waals surface area contributed by atoms with Crippen molar-refractivity contribution in [1.29, 1.82) is 0 Å². The molecule has 0 saturated carbocycles. The number of allylic oxidation sites excluding steroid dienone is 1. The first-order valence-electron chi connectivity index (χ1n) is 12.4. The van der Waals surface area contributed by atoms with E-state index in [1.165, 1.54) is 5.57 Å². The summed E-state index contributed by atoms with van der Waals surface area (Å²) in [5.74, 6) is 1.07. The number of nitrogens with zero attached hydrogens (tertiary/aromatic N) is 2. The number of aryl methyl sites for hydroxylation is 1. The molecule has 2 heterocycles. The topological polar surface area (TPSA) is 34.6 Å². The van der Waals surface area contributed by atoms with Gasteiger partial charge in [0.05, 0.1) is 6.67 Å². The quantitative estimate of drug-likeness (QED) is 0.374. The number of fused-ring (bicyclic) bond motifs is 1. The van der Waals surface area contributed by atoms with Gasteiger partial charge in [0.25, 0.3) is 0 Å². The van der Waals surface area contributed by atoms with Crippen LogP contribution in [0.2, 0.25) is 0 Å². The van der Waals surface area contributed by atoms with Gasteiger partial charge in [0.2, 0.25) is 0 Å². The number of alkyl halides is 1. The summed E-state index contributed by atoms with van der Waals surface area (Å²) in [5, 5.41) is 0. The summed E-state index contributed by atoms with van der Waals surface area (Å²) in [5.41, 5.74) is 6.83. The third-order valence-electron chi connectivity index (χ3n) is 6.92. The van der Waals surface area contributed by atoms with Crippen molar-refractivity contribution in [3.05, 3.63) is 89.2 Å². The van der Waals surface area contributed by atoms with Crippen molar-refractivity contribution in [3.8, 4) is 11.5 Å². The van der Waals surface area contributed by atoms with Gasteiger partial charge in [0, 0.05) is 36.6 Å². The van der Waals surface area contributed by atoms with Crippen LogP contribution in [0.1, 0.15) is 47.9 Å². The van der Waals surface area contributed by atoms with Crippen LogP contribution in [-0.2, 0) is 6.42 Å². The van der Waals surface area contributed by atoms with E-state index >= 15 is 0 Å². The summed E-state index contributed by atoms with van der Waals surface area (Å²) >= 11 is 0. The molecule has 1 aliphatic carbocycles. The Hall–Kier alpha value is -3.25. The Morgan fingerprint density at radius 1 is 0.943 bits per heavy atom. The van der Waals surface area contributed by atoms with E-state index in [9.17, 15) is 8.92 Å². The number of pyridine rings is 1. The zero-order chi connectivity index (χ0) is 24.0. The highest BCUT2D eigenvalue weighted by Gasteiger charge is 2.24. The maximum absolute atomic E-state index is 12.9. The van der Waals surface area contributed by atoms with Crippen molar-refractivity contribution in [2.75, 3.05) is 26.3 Å². The number of benzene rings is 2. The first-order valence-corrected chi connectivity index (χ1v) is 12.4. The van der Waals surface area contributed by atoms with Gasteiger partial charge in [-0.2, -0.15) is 0 Å². The van der Waals surface area contributed by atoms with Crippen molar-refractivity contribution < 1.29 is 18.6 Å². The Balaban J connectivity index is 1.45. The van der Waals surface area contributed by atoms with Gasteiger partial charge in [0.1, 0.15) is 11.9 Å². The minimum atomic E-state index is -0.272. The fourth-order valence-electron chi connectivity index (χ4n) is 5.26.